The van der Waals surface area contributed by atoms with E-state index < -0.39 is 5.76 Å². The van der Waals surface area contributed by atoms with Crippen LogP contribution in [0.3, 0.4) is 0 Å². The van der Waals surface area contributed by atoms with Gasteiger partial charge in [-0.1, -0.05) is 17.0 Å². The van der Waals surface area contributed by atoms with E-state index in [1.807, 2.05) is 0 Å². The van der Waals surface area contributed by atoms with Crippen molar-refractivity contribution in [2.24, 2.45) is 0 Å². The van der Waals surface area contributed by atoms with Crippen LogP contribution in [0.25, 0.3) is 0 Å². The van der Waals surface area contributed by atoms with Crippen molar-refractivity contribution in [3.05, 3.63) is 41.2 Å². The fraction of sp³-hybridized carbons (Fsp3) is 0.357. The lowest BCUT2D eigenvalue weighted by molar-refractivity contribution is 0.0704. The van der Waals surface area contributed by atoms with Gasteiger partial charge in [0.2, 0.25) is 0 Å². The normalized spacial score (nSPS) is 14.2. The van der Waals surface area contributed by atoms with Gasteiger partial charge in [-0.2, -0.15) is 8.78 Å². The molecule has 122 valence electrons. The van der Waals surface area contributed by atoms with Crippen LogP contribution in [0, 0.1) is 0 Å². The van der Waals surface area contributed by atoms with Gasteiger partial charge < -0.3 is 10.0 Å². The van der Waals surface area contributed by atoms with Crippen molar-refractivity contribution in [2.45, 2.75) is 30.3 Å². The standard InChI is InChI=1S/C14H14F2N4O2S/c15-14(16)23-10-3-1-9(2-4-10)13(22)19-5-6-20-12(7-19)11(8-21)17-18-20/h1-4,14,21H,5-8H2. The van der Waals surface area contributed by atoms with Gasteiger partial charge in [-0.15, -0.1) is 5.10 Å². The molecule has 1 aliphatic rings. The van der Waals surface area contributed by atoms with Crippen LogP contribution < -0.4 is 0 Å². The monoisotopic (exact) mass is 340 g/mol. The molecule has 2 heterocycles. The van der Waals surface area contributed by atoms with Crippen LogP contribution >= 0.6 is 11.8 Å². The molecule has 1 aromatic carbocycles. The highest BCUT2D eigenvalue weighted by Gasteiger charge is 2.25. The predicted molar refractivity (Wildman–Crippen MR) is 79.0 cm³/mol. The fourth-order valence-corrected chi connectivity index (χ4v) is 2.95. The van der Waals surface area contributed by atoms with Crippen molar-refractivity contribution in [1.82, 2.24) is 19.9 Å². The van der Waals surface area contributed by atoms with Crippen molar-refractivity contribution in [3.8, 4) is 0 Å². The molecule has 0 spiro atoms. The van der Waals surface area contributed by atoms with E-state index in [1.54, 1.807) is 21.7 Å². The number of hydrogen-bond acceptors (Lipinski definition) is 5. The first kappa shape index (κ1) is 15.9. The molecule has 2 aromatic rings. The van der Waals surface area contributed by atoms with E-state index in [1.165, 1.54) is 12.1 Å². The minimum absolute atomic E-state index is 0.185. The summed E-state index contributed by atoms with van der Waals surface area (Å²) in [5.74, 6) is -2.67. The van der Waals surface area contributed by atoms with E-state index in [2.05, 4.69) is 10.3 Å². The number of nitrogens with zero attached hydrogens (tertiary/aromatic N) is 4. The van der Waals surface area contributed by atoms with Gasteiger partial charge in [0.1, 0.15) is 5.69 Å². The number of alkyl halides is 2. The van der Waals surface area contributed by atoms with Gasteiger partial charge in [0.05, 0.1) is 25.4 Å². The first-order chi connectivity index (χ1) is 11.1. The lowest BCUT2D eigenvalue weighted by atomic mass is 10.1. The first-order valence-electron chi connectivity index (χ1n) is 6.94. The van der Waals surface area contributed by atoms with Crippen LogP contribution in [0.4, 0.5) is 8.78 Å². The Hall–Kier alpha value is -2.00. The lowest BCUT2D eigenvalue weighted by Crippen LogP contribution is -2.38. The maximum atomic E-state index is 12.5. The summed E-state index contributed by atoms with van der Waals surface area (Å²) in [7, 11) is 0. The number of thioether (sulfide) groups is 1. The Labute approximate surface area is 135 Å². The van der Waals surface area contributed by atoms with Crippen LogP contribution in [0.15, 0.2) is 29.2 Å². The molecule has 1 N–H and O–H groups in total. The third-order valence-corrected chi connectivity index (χ3v) is 4.33. The topological polar surface area (TPSA) is 71.2 Å². The summed E-state index contributed by atoms with van der Waals surface area (Å²) in [6.45, 7) is 1.08. The number of carbonyl (C=O) groups excluding carboxylic acids is 1. The van der Waals surface area contributed by atoms with Gasteiger partial charge in [-0.3, -0.25) is 4.79 Å². The summed E-state index contributed by atoms with van der Waals surface area (Å²) in [5.41, 5.74) is 1.62. The third kappa shape index (κ3) is 3.35. The van der Waals surface area contributed by atoms with Crippen LogP contribution in [-0.2, 0) is 19.7 Å². The third-order valence-electron chi connectivity index (χ3n) is 3.60. The summed E-state index contributed by atoms with van der Waals surface area (Å²) in [6.07, 6.45) is 0. The zero-order chi connectivity index (χ0) is 16.4. The largest absolute Gasteiger partial charge is 0.390 e. The average molecular weight is 340 g/mol. The van der Waals surface area contributed by atoms with Gasteiger partial charge in [-0.05, 0) is 24.3 Å². The summed E-state index contributed by atoms with van der Waals surface area (Å²) in [4.78, 5) is 14.6. The Morgan fingerprint density at radius 1 is 1.30 bits per heavy atom. The molecular weight excluding hydrogens is 326 g/mol. The molecule has 1 aliphatic heterocycles. The van der Waals surface area contributed by atoms with Crippen molar-refractivity contribution in [2.75, 3.05) is 6.54 Å². The van der Waals surface area contributed by atoms with Crippen molar-refractivity contribution in [3.63, 3.8) is 0 Å². The molecule has 0 radical (unpaired) electrons. The van der Waals surface area contributed by atoms with Gasteiger partial charge >= 0.3 is 0 Å². The van der Waals surface area contributed by atoms with Crippen molar-refractivity contribution in [1.29, 1.82) is 0 Å². The van der Waals surface area contributed by atoms with Gasteiger partial charge in [-0.25, -0.2) is 4.68 Å². The Morgan fingerprint density at radius 3 is 2.70 bits per heavy atom. The Kier molecular flexibility index (Phi) is 4.58. The molecule has 1 aromatic heterocycles. The lowest BCUT2D eigenvalue weighted by Gasteiger charge is -2.27. The predicted octanol–water partition coefficient (Wildman–Crippen LogP) is 1.74. The first-order valence-corrected chi connectivity index (χ1v) is 7.82. The Morgan fingerprint density at radius 2 is 2.04 bits per heavy atom. The van der Waals surface area contributed by atoms with Crippen molar-refractivity contribution >= 4 is 17.7 Å². The van der Waals surface area contributed by atoms with E-state index in [0.717, 1.165) is 5.69 Å². The second-order valence-electron chi connectivity index (χ2n) is 4.99. The molecule has 23 heavy (non-hydrogen) atoms. The number of hydrogen-bond donors (Lipinski definition) is 1. The SMILES string of the molecule is O=C(c1ccc(SC(F)F)cc1)N1CCn2nnc(CO)c2C1. The molecular formula is C14H14F2N4O2S. The van der Waals surface area contributed by atoms with E-state index in [4.69, 9.17) is 0 Å². The number of halogens is 2. The zero-order valence-corrected chi connectivity index (χ0v) is 12.8. The molecule has 0 atom stereocenters. The number of aliphatic hydroxyl groups is 1. The second kappa shape index (κ2) is 6.63. The van der Waals surface area contributed by atoms with Crippen molar-refractivity contribution < 1.29 is 18.7 Å². The number of benzene rings is 1. The van der Waals surface area contributed by atoms with E-state index in [0.29, 0.717) is 47.5 Å². The van der Waals surface area contributed by atoms with Crippen LogP contribution in [0.5, 0.6) is 0 Å². The molecule has 6 nitrogen and oxygen atoms in total. The number of aromatic nitrogens is 3. The number of rotatable bonds is 4. The summed E-state index contributed by atoms with van der Waals surface area (Å²) < 4.78 is 26.3. The minimum Gasteiger partial charge on any atom is -0.390 e. The number of amides is 1. The van der Waals surface area contributed by atoms with Crippen LogP contribution in [0.2, 0.25) is 0 Å². The Balaban J connectivity index is 1.73. The van der Waals surface area contributed by atoms with Gasteiger partial charge in [0.25, 0.3) is 11.7 Å². The van der Waals surface area contributed by atoms with E-state index in [9.17, 15) is 18.7 Å². The molecule has 9 heteroatoms. The molecule has 1 amide bonds. The summed E-state index contributed by atoms with van der Waals surface area (Å²) in [6, 6.07) is 6.12. The molecule has 0 bridgehead atoms. The zero-order valence-electron chi connectivity index (χ0n) is 12.0. The number of carbonyl (C=O) groups is 1. The van der Waals surface area contributed by atoms with Crippen LogP contribution in [0.1, 0.15) is 21.7 Å². The van der Waals surface area contributed by atoms with E-state index >= 15 is 0 Å². The fourth-order valence-electron chi connectivity index (χ4n) is 2.45. The molecule has 0 saturated carbocycles. The van der Waals surface area contributed by atoms with Gasteiger partial charge in [0, 0.05) is 17.0 Å². The smallest absolute Gasteiger partial charge is 0.288 e. The number of fused-ring (bicyclic) bond motifs is 1. The maximum absolute atomic E-state index is 12.5. The van der Waals surface area contributed by atoms with E-state index in [-0.39, 0.29) is 12.5 Å². The minimum atomic E-state index is -2.48. The average Bonchev–Trinajstić information content (AvgIpc) is 2.96. The summed E-state index contributed by atoms with van der Waals surface area (Å²) >= 11 is 0.445. The van der Waals surface area contributed by atoms with Crippen LogP contribution in [-0.4, -0.2) is 43.2 Å². The quantitative estimate of drug-likeness (QED) is 0.859. The molecule has 0 fully saturated rings. The maximum Gasteiger partial charge on any atom is 0.288 e. The number of aliphatic hydroxyl groups excluding tert-OH is 1. The molecule has 0 saturated heterocycles. The Bertz CT molecular complexity index is 692. The highest BCUT2D eigenvalue weighted by atomic mass is 32.2. The highest BCUT2D eigenvalue weighted by molar-refractivity contribution is 7.99. The molecule has 0 unspecified atom stereocenters. The summed E-state index contributed by atoms with van der Waals surface area (Å²) in [5, 5.41) is 17.0. The molecule has 3 rings (SSSR count). The highest BCUT2D eigenvalue weighted by Crippen LogP contribution is 2.25. The van der Waals surface area contributed by atoms with Gasteiger partial charge in [0.15, 0.2) is 0 Å². The second-order valence-corrected chi connectivity index (χ2v) is 6.06. The molecule has 0 aliphatic carbocycles.